The molecule has 1 aromatic carbocycles. The van der Waals surface area contributed by atoms with Crippen molar-refractivity contribution in [3.63, 3.8) is 0 Å². The largest absolute Gasteiger partial charge is 0.275 e. The number of rotatable bonds is 4. The van der Waals surface area contributed by atoms with E-state index in [0.717, 1.165) is 11.3 Å². The summed E-state index contributed by atoms with van der Waals surface area (Å²) in [6.07, 6.45) is 7.64. The minimum atomic E-state index is 0.880. The first-order valence-electron chi connectivity index (χ1n) is 7.57. The van der Waals surface area contributed by atoms with Crippen LogP contribution in [0.1, 0.15) is 35.7 Å². The molecule has 0 fully saturated rings. The second-order valence-corrected chi connectivity index (χ2v) is 5.03. The summed E-state index contributed by atoms with van der Waals surface area (Å²) >= 11 is 0. The van der Waals surface area contributed by atoms with E-state index in [1.165, 1.54) is 24.0 Å². The molecular weight excluding hydrogens is 299 g/mol. The number of aromatic nitrogens is 1. The Morgan fingerprint density at radius 1 is 1.13 bits per heavy atom. The number of benzene rings is 1. The summed E-state index contributed by atoms with van der Waals surface area (Å²) in [5.74, 6) is 0. The van der Waals surface area contributed by atoms with Gasteiger partial charge in [-0.2, -0.15) is 0 Å². The van der Waals surface area contributed by atoms with Crippen LogP contribution in [0.3, 0.4) is 0 Å². The average Bonchev–Trinajstić information content (AvgIpc) is 2.61. The molecule has 0 N–H and O–H groups in total. The number of aryl methyl sites for hydroxylation is 2. The molecule has 0 radical (unpaired) electrons. The Kier molecular flexibility index (Phi) is 12.4. The van der Waals surface area contributed by atoms with E-state index in [-0.39, 0.29) is 0 Å². The van der Waals surface area contributed by atoms with Crippen molar-refractivity contribution in [2.45, 2.75) is 26.7 Å². The molecule has 3 heteroatoms. The van der Waals surface area contributed by atoms with Gasteiger partial charge in [0.05, 0.1) is 5.69 Å². The highest BCUT2D eigenvalue weighted by atomic mass is 31.0. The van der Waals surface area contributed by atoms with Crippen LogP contribution in [0.25, 0.3) is 6.08 Å². The van der Waals surface area contributed by atoms with Gasteiger partial charge in [0.15, 0.2) is 0 Å². The van der Waals surface area contributed by atoms with Crippen LogP contribution in [0.4, 0.5) is 0 Å². The third-order valence-electron chi connectivity index (χ3n) is 2.90. The summed E-state index contributed by atoms with van der Waals surface area (Å²) < 4.78 is 3.79. The number of pyridine rings is 1. The molecule has 0 aliphatic carbocycles. The van der Waals surface area contributed by atoms with Gasteiger partial charge in [-0.15, -0.1) is 13.2 Å². The first kappa shape index (κ1) is 20.9. The molecule has 2 aromatic rings. The highest BCUT2D eigenvalue weighted by Gasteiger charge is 1.88. The molecule has 1 aromatic heterocycles. The molecule has 0 aliphatic rings. The fourth-order valence-corrected chi connectivity index (χ4v) is 1.92. The fourth-order valence-electron chi connectivity index (χ4n) is 1.74. The summed E-state index contributed by atoms with van der Waals surface area (Å²) in [5.41, 5.74) is 4.67. The van der Waals surface area contributed by atoms with Gasteiger partial charge in [-0.05, 0) is 46.5 Å². The molecule has 23 heavy (non-hydrogen) atoms. The smallest absolute Gasteiger partial charge is 0.0624 e. The average molecular weight is 326 g/mol. The van der Waals surface area contributed by atoms with E-state index >= 15 is 0 Å². The zero-order chi connectivity index (χ0) is 17.5. The first-order valence-corrected chi connectivity index (χ1v) is 8.08. The van der Waals surface area contributed by atoms with E-state index in [4.69, 9.17) is 0 Å². The Labute approximate surface area is 143 Å². The van der Waals surface area contributed by atoms with Gasteiger partial charge in [0.25, 0.3) is 0 Å². The molecule has 1 atom stereocenters. The van der Waals surface area contributed by atoms with Crippen LogP contribution in [0, 0.1) is 6.92 Å². The van der Waals surface area contributed by atoms with Gasteiger partial charge in [-0.1, -0.05) is 49.8 Å². The van der Waals surface area contributed by atoms with Crippen LogP contribution in [-0.2, 0) is 6.42 Å². The molecule has 0 amide bonds. The maximum absolute atomic E-state index is 4.10. The maximum Gasteiger partial charge on any atom is 0.0624 e. The van der Waals surface area contributed by atoms with E-state index in [0.29, 0.717) is 0 Å². The molecular formula is C20H27N2P. The van der Waals surface area contributed by atoms with E-state index in [1.54, 1.807) is 18.5 Å². The van der Waals surface area contributed by atoms with E-state index < -0.39 is 0 Å². The van der Waals surface area contributed by atoms with Gasteiger partial charge in [-0.3, -0.25) is 9.75 Å². The molecule has 0 aliphatic heterocycles. The minimum absolute atomic E-state index is 0.880. The lowest BCUT2D eigenvalue weighted by molar-refractivity contribution is 0.921. The van der Waals surface area contributed by atoms with Crippen molar-refractivity contribution in [1.82, 2.24) is 4.98 Å². The van der Waals surface area contributed by atoms with Crippen LogP contribution in [0.2, 0.25) is 0 Å². The van der Waals surface area contributed by atoms with Gasteiger partial charge in [-0.25, -0.2) is 0 Å². The van der Waals surface area contributed by atoms with Crippen molar-refractivity contribution in [3.05, 3.63) is 84.7 Å². The normalized spacial score (nSPS) is 9.35. The summed E-state index contributed by atoms with van der Waals surface area (Å²) in [4.78, 5) is 4.10. The Morgan fingerprint density at radius 3 is 2.22 bits per heavy atom. The SMILES string of the molecule is C=C.C=Cc1ccc(/C=N\P)cn1.CCCc1ccc(C)cc1. The third-order valence-corrected chi connectivity index (χ3v) is 3.05. The summed E-state index contributed by atoms with van der Waals surface area (Å²) in [5, 5.41) is 0. The first-order chi connectivity index (χ1) is 11.2. The van der Waals surface area contributed by atoms with E-state index in [9.17, 15) is 0 Å². The minimum Gasteiger partial charge on any atom is -0.275 e. The van der Waals surface area contributed by atoms with Crippen LogP contribution in [0.5, 0.6) is 0 Å². The van der Waals surface area contributed by atoms with Crippen LogP contribution < -0.4 is 0 Å². The Hall–Kier alpha value is -2.05. The fraction of sp³-hybridized carbons (Fsp3) is 0.200. The molecule has 2 nitrogen and oxygen atoms in total. The lowest BCUT2D eigenvalue weighted by Crippen LogP contribution is -1.83. The van der Waals surface area contributed by atoms with Crippen molar-refractivity contribution in [1.29, 1.82) is 0 Å². The lowest BCUT2D eigenvalue weighted by Gasteiger charge is -1.97. The maximum atomic E-state index is 4.10. The Bertz CT molecular complexity index is 572. The highest BCUT2D eigenvalue weighted by molar-refractivity contribution is 7.15. The zero-order valence-electron chi connectivity index (χ0n) is 14.2. The van der Waals surface area contributed by atoms with Crippen molar-refractivity contribution < 1.29 is 0 Å². The standard InChI is InChI=1S/C10H14.C8H9N2P.C2H4/c1-3-4-10-7-5-9(2)6-8-10;1-2-8-4-3-7(5-9-8)6-10-11;1-2/h5-8H,3-4H2,1-2H3;2-6H,1,11H2;1-2H2/b;10-6-;. The topological polar surface area (TPSA) is 25.2 Å². The molecule has 1 unspecified atom stereocenters. The van der Waals surface area contributed by atoms with Crippen molar-refractivity contribution in [2.24, 2.45) is 4.76 Å². The van der Waals surface area contributed by atoms with Crippen LogP contribution in [-0.4, -0.2) is 11.2 Å². The summed E-state index contributed by atoms with van der Waals surface area (Å²) in [6.45, 7) is 13.9. The molecule has 0 spiro atoms. The highest BCUT2D eigenvalue weighted by Crippen LogP contribution is 2.04. The van der Waals surface area contributed by atoms with Crippen LogP contribution >= 0.6 is 9.39 Å². The molecule has 0 bridgehead atoms. The van der Waals surface area contributed by atoms with Crippen molar-refractivity contribution >= 4 is 21.7 Å². The monoisotopic (exact) mass is 326 g/mol. The van der Waals surface area contributed by atoms with Gasteiger partial charge in [0, 0.05) is 18.0 Å². The third kappa shape index (κ3) is 9.55. The summed E-state index contributed by atoms with van der Waals surface area (Å²) in [7, 11) is 2.27. The molecule has 2 rings (SSSR count). The van der Waals surface area contributed by atoms with Gasteiger partial charge >= 0.3 is 0 Å². The molecule has 0 saturated heterocycles. The molecule has 1 heterocycles. The second kappa shape index (κ2) is 13.6. The molecule has 122 valence electrons. The Balaban J connectivity index is 0.000000381. The zero-order valence-corrected chi connectivity index (χ0v) is 15.4. The van der Waals surface area contributed by atoms with Crippen molar-refractivity contribution in [3.8, 4) is 0 Å². The number of hydrogen-bond acceptors (Lipinski definition) is 2. The number of hydrogen-bond donors (Lipinski definition) is 0. The van der Waals surface area contributed by atoms with E-state index in [2.05, 4.69) is 77.0 Å². The van der Waals surface area contributed by atoms with Gasteiger partial charge in [0.1, 0.15) is 0 Å². The predicted octanol–water partition coefficient (Wildman–Crippen LogP) is 5.68. The predicted molar refractivity (Wildman–Crippen MR) is 108 cm³/mol. The Morgan fingerprint density at radius 2 is 1.78 bits per heavy atom. The van der Waals surface area contributed by atoms with Gasteiger partial charge in [0.2, 0.25) is 0 Å². The van der Waals surface area contributed by atoms with E-state index in [1.807, 2.05) is 12.1 Å². The lowest BCUT2D eigenvalue weighted by atomic mass is 10.1. The number of nitrogens with zero attached hydrogens (tertiary/aromatic N) is 2. The van der Waals surface area contributed by atoms with Crippen molar-refractivity contribution in [2.75, 3.05) is 0 Å². The quantitative estimate of drug-likeness (QED) is 0.403. The van der Waals surface area contributed by atoms with Crippen LogP contribution in [0.15, 0.2) is 67.1 Å². The molecule has 0 saturated carbocycles. The second-order valence-electron chi connectivity index (χ2n) is 4.73. The van der Waals surface area contributed by atoms with Gasteiger partial charge < -0.3 is 0 Å². The summed E-state index contributed by atoms with van der Waals surface area (Å²) in [6, 6.07) is 12.6.